The van der Waals surface area contributed by atoms with Gasteiger partial charge in [-0.1, -0.05) is 18.6 Å². The topological polar surface area (TPSA) is 65.1 Å². The van der Waals surface area contributed by atoms with E-state index in [-0.39, 0.29) is 0 Å². The molecule has 0 atom stereocenters. The summed E-state index contributed by atoms with van der Waals surface area (Å²) < 4.78 is 78.0. The van der Waals surface area contributed by atoms with Gasteiger partial charge in [-0.15, -0.1) is 11.3 Å². The normalized spacial score (nSPS) is 14.7. The highest BCUT2D eigenvalue weighted by Crippen LogP contribution is 2.42. The van der Waals surface area contributed by atoms with Gasteiger partial charge in [-0.2, -0.15) is 21.6 Å². The van der Waals surface area contributed by atoms with E-state index >= 15 is 0 Å². The van der Waals surface area contributed by atoms with Crippen molar-refractivity contribution in [2.75, 3.05) is 33.4 Å². The first-order chi connectivity index (χ1) is 19.6. The summed E-state index contributed by atoms with van der Waals surface area (Å²) in [5.74, 6) is 1.10. The van der Waals surface area contributed by atoms with Gasteiger partial charge >= 0.3 is 15.6 Å². The van der Waals surface area contributed by atoms with Crippen molar-refractivity contribution in [3.63, 3.8) is 0 Å². The second-order valence-electron chi connectivity index (χ2n) is 9.85. The van der Waals surface area contributed by atoms with Crippen molar-refractivity contribution in [1.82, 2.24) is 4.90 Å². The summed E-state index contributed by atoms with van der Waals surface area (Å²) in [6, 6.07) is 19.6. The van der Waals surface area contributed by atoms with E-state index in [1.165, 1.54) is 42.7 Å². The van der Waals surface area contributed by atoms with Crippen LogP contribution < -0.4 is 13.7 Å². The second-order valence-corrected chi connectivity index (χ2v) is 12.4. The monoisotopic (exact) mass is 605 g/mol. The Kier molecular flexibility index (Phi) is 8.77. The summed E-state index contributed by atoms with van der Waals surface area (Å²) >= 11 is 1.36. The molecule has 0 unspecified atom stereocenters. The van der Waals surface area contributed by atoms with E-state index in [0.717, 1.165) is 52.3 Å². The van der Waals surface area contributed by atoms with Gasteiger partial charge in [0, 0.05) is 16.1 Å². The van der Waals surface area contributed by atoms with Crippen LogP contribution in [-0.4, -0.2) is 52.2 Å². The van der Waals surface area contributed by atoms with Crippen LogP contribution in [0.5, 0.6) is 17.2 Å². The Morgan fingerprint density at radius 3 is 2.20 bits per heavy atom. The molecular formula is C30H30F3NO5S2. The van der Waals surface area contributed by atoms with Crippen LogP contribution in [0.1, 0.15) is 30.4 Å². The van der Waals surface area contributed by atoms with Crippen LogP contribution in [-0.2, 0) is 16.5 Å². The highest BCUT2D eigenvalue weighted by Gasteiger charge is 2.48. The number of hydrogen-bond acceptors (Lipinski definition) is 7. The minimum atomic E-state index is -5.77. The minimum absolute atomic E-state index is 0.394. The quantitative estimate of drug-likeness (QED) is 0.140. The second kappa shape index (κ2) is 12.3. The fourth-order valence-electron chi connectivity index (χ4n) is 4.89. The SMILES string of the molecule is COc1ccc(-c2sc3cc(OS(=O)(=O)C(F)(F)F)ccc3c2Cc2ccc(OCCN3CCCCC3)cc2)cc1. The molecule has 1 aliphatic rings. The first kappa shape index (κ1) is 29.2. The molecule has 0 spiro atoms. The van der Waals surface area contributed by atoms with Crippen LogP contribution in [0.25, 0.3) is 20.5 Å². The van der Waals surface area contributed by atoms with Crippen molar-refractivity contribution in [3.8, 4) is 27.7 Å². The smallest absolute Gasteiger partial charge is 0.497 e. The molecule has 1 aliphatic heterocycles. The van der Waals surface area contributed by atoms with Gasteiger partial charge < -0.3 is 13.7 Å². The molecule has 6 nitrogen and oxygen atoms in total. The molecule has 1 saturated heterocycles. The lowest BCUT2D eigenvalue weighted by Crippen LogP contribution is -2.33. The van der Waals surface area contributed by atoms with Crippen molar-refractivity contribution < 1.29 is 35.2 Å². The number of fused-ring (bicyclic) bond motifs is 1. The van der Waals surface area contributed by atoms with Crippen LogP contribution in [0.3, 0.4) is 0 Å². The molecule has 11 heteroatoms. The predicted octanol–water partition coefficient (Wildman–Crippen LogP) is 7.26. The first-order valence-corrected chi connectivity index (χ1v) is 15.5. The summed E-state index contributed by atoms with van der Waals surface area (Å²) in [5, 5.41) is 0.805. The fraction of sp³-hybridized carbons (Fsp3) is 0.333. The Balaban J connectivity index is 1.40. The number of piperidine rings is 1. The maximum absolute atomic E-state index is 12.9. The third kappa shape index (κ3) is 6.97. The lowest BCUT2D eigenvalue weighted by atomic mass is 9.99. The highest BCUT2D eigenvalue weighted by atomic mass is 32.2. The van der Waals surface area contributed by atoms with Crippen LogP contribution in [0.2, 0.25) is 0 Å². The van der Waals surface area contributed by atoms with Crippen molar-refractivity contribution in [3.05, 3.63) is 77.9 Å². The Bertz CT molecular complexity index is 1580. The number of thiophene rings is 1. The molecule has 41 heavy (non-hydrogen) atoms. The van der Waals surface area contributed by atoms with E-state index in [0.29, 0.717) is 23.5 Å². The number of alkyl halides is 3. The van der Waals surface area contributed by atoms with E-state index in [4.69, 9.17) is 9.47 Å². The van der Waals surface area contributed by atoms with Crippen molar-refractivity contribution >= 4 is 31.5 Å². The van der Waals surface area contributed by atoms with E-state index in [9.17, 15) is 21.6 Å². The molecule has 0 amide bonds. The van der Waals surface area contributed by atoms with Gasteiger partial charge in [-0.05, 0) is 109 Å². The molecule has 1 fully saturated rings. The molecular weight excluding hydrogens is 575 g/mol. The molecule has 3 aromatic carbocycles. The van der Waals surface area contributed by atoms with Crippen molar-refractivity contribution in [1.29, 1.82) is 0 Å². The third-order valence-corrected chi connectivity index (χ3v) is 9.26. The molecule has 1 aromatic heterocycles. The molecule has 2 heterocycles. The molecule has 0 radical (unpaired) electrons. The molecule has 0 bridgehead atoms. The standard InChI is InChI=1S/C30H30F3NO5S2/c1-37-23-11-7-22(8-12-23)29-27(26-14-13-25(20-28(26)40-29)39-41(35,36)30(31,32)33)19-21-5-9-24(10-6-21)38-18-17-34-15-3-2-4-16-34/h5-14,20H,2-4,15-19H2,1H3. The molecule has 218 valence electrons. The van der Waals surface area contributed by atoms with E-state index in [2.05, 4.69) is 9.08 Å². The highest BCUT2D eigenvalue weighted by molar-refractivity contribution is 7.88. The Hall–Kier alpha value is -3.28. The zero-order chi connectivity index (χ0) is 29.0. The number of ether oxygens (including phenoxy) is 2. The number of nitrogens with zero attached hydrogens (tertiary/aromatic N) is 1. The fourth-order valence-corrected chi connectivity index (χ4v) is 6.60. The molecule has 4 aromatic rings. The van der Waals surface area contributed by atoms with E-state index in [1.807, 2.05) is 48.5 Å². The van der Waals surface area contributed by atoms with Gasteiger partial charge in [-0.25, -0.2) is 0 Å². The van der Waals surface area contributed by atoms with Gasteiger partial charge in [0.15, 0.2) is 0 Å². The number of likely N-dealkylation sites (tertiary alicyclic amines) is 1. The Morgan fingerprint density at radius 1 is 0.878 bits per heavy atom. The average molecular weight is 606 g/mol. The maximum atomic E-state index is 12.9. The van der Waals surface area contributed by atoms with Gasteiger partial charge in [0.05, 0.1) is 7.11 Å². The zero-order valence-electron chi connectivity index (χ0n) is 22.4. The van der Waals surface area contributed by atoms with Crippen molar-refractivity contribution in [2.24, 2.45) is 0 Å². The zero-order valence-corrected chi connectivity index (χ0v) is 24.1. The van der Waals surface area contributed by atoms with Gasteiger partial charge in [-0.3, -0.25) is 4.90 Å². The summed E-state index contributed by atoms with van der Waals surface area (Å²) in [6.45, 7) is 3.78. The molecule has 0 saturated carbocycles. The van der Waals surface area contributed by atoms with Crippen LogP contribution in [0, 0.1) is 0 Å². The predicted molar refractivity (Wildman–Crippen MR) is 154 cm³/mol. The molecule has 0 N–H and O–H groups in total. The van der Waals surface area contributed by atoms with E-state index in [1.54, 1.807) is 13.2 Å². The van der Waals surface area contributed by atoms with Crippen LogP contribution >= 0.6 is 11.3 Å². The van der Waals surface area contributed by atoms with Crippen molar-refractivity contribution in [2.45, 2.75) is 31.2 Å². The number of hydrogen-bond donors (Lipinski definition) is 0. The Labute approximate surface area is 241 Å². The first-order valence-electron chi connectivity index (χ1n) is 13.3. The van der Waals surface area contributed by atoms with Gasteiger partial charge in [0.25, 0.3) is 0 Å². The molecule has 0 aliphatic carbocycles. The summed E-state index contributed by atoms with van der Waals surface area (Å²) in [5.41, 5.74) is -2.60. The summed E-state index contributed by atoms with van der Waals surface area (Å²) in [6.07, 6.45) is 4.33. The van der Waals surface area contributed by atoms with Gasteiger partial charge in [0.2, 0.25) is 0 Å². The summed E-state index contributed by atoms with van der Waals surface area (Å²) in [7, 11) is -4.19. The van der Waals surface area contributed by atoms with Crippen LogP contribution in [0.15, 0.2) is 66.7 Å². The van der Waals surface area contributed by atoms with E-state index < -0.39 is 21.4 Å². The largest absolute Gasteiger partial charge is 0.534 e. The third-order valence-electron chi connectivity index (χ3n) is 7.04. The minimum Gasteiger partial charge on any atom is -0.497 e. The lowest BCUT2D eigenvalue weighted by molar-refractivity contribution is -0.0500. The van der Waals surface area contributed by atoms with Gasteiger partial charge in [0.1, 0.15) is 23.9 Å². The maximum Gasteiger partial charge on any atom is 0.534 e. The Morgan fingerprint density at radius 2 is 1.54 bits per heavy atom. The number of methoxy groups -OCH3 is 1. The average Bonchev–Trinajstić information content (AvgIpc) is 3.31. The molecule has 5 rings (SSSR count). The van der Waals surface area contributed by atoms with Crippen LogP contribution in [0.4, 0.5) is 13.2 Å². The number of rotatable bonds is 10. The number of benzene rings is 3. The number of halogens is 3. The lowest BCUT2D eigenvalue weighted by Gasteiger charge is -2.26. The summed E-state index contributed by atoms with van der Waals surface area (Å²) in [4.78, 5) is 3.34.